The van der Waals surface area contributed by atoms with E-state index in [9.17, 15) is 37.3 Å². The van der Waals surface area contributed by atoms with Gasteiger partial charge < -0.3 is 19.1 Å². The number of nitro benzene ring substituents is 1. The van der Waals surface area contributed by atoms with Crippen molar-refractivity contribution in [2.24, 2.45) is 0 Å². The first-order chi connectivity index (χ1) is 26.3. The molecule has 6 aromatic rings. The highest BCUT2D eigenvalue weighted by Crippen LogP contribution is 2.29. The van der Waals surface area contributed by atoms with Crippen molar-refractivity contribution in [1.82, 2.24) is 40.4 Å². The number of amides is 2. The van der Waals surface area contributed by atoms with Crippen LogP contribution in [-0.4, -0.2) is 92.6 Å². The summed E-state index contributed by atoms with van der Waals surface area (Å²) >= 11 is 0. The van der Waals surface area contributed by atoms with Crippen molar-refractivity contribution in [2.45, 2.75) is 19.8 Å². The monoisotopic (exact) mass is 775 g/mol. The van der Waals surface area contributed by atoms with Gasteiger partial charge in [0.15, 0.2) is 17.4 Å². The zero-order valence-corrected chi connectivity index (χ0v) is 30.0. The summed E-state index contributed by atoms with van der Waals surface area (Å²) < 4.78 is 60.1. The van der Waals surface area contributed by atoms with Gasteiger partial charge in [0.05, 0.1) is 26.3 Å². The molecule has 0 saturated carbocycles. The van der Waals surface area contributed by atoms with Crippen LogP contribution in [0.1, 0.15) is 18.4 Å². The third kappa shape index (κ3) is 10.8. The molecule has 0 N–H and O–H groups in total. The fourth-order valence-electron chi connectivity index (χ4n) is 4.21. The molecule has 1 fully saturated rings. The minimum atomic E-state index is -1.51. The molecule has 0 bridgehead atoms. The van der Waals surface area contributed by atoms with Crippen LogP contribution in [-0.2, 0) is 14.4 Å². The summed E-state index contributed by atoms with van der Waals surface area (Å²) in [6.07, 6.45) is 2.24. The normalized spacial score (nSPS) is 11.6. The first kappa shape index (κ1) is 42.4. The number of carbonyl (C=O) groups is 2. The molecule has 0 unspecified atom stereocenters. The lowest BCUT2D eigenvalue weighted by Crippen LogP contribution is -2.27. The van der Waals surface area contributed by atoms with Crippen LogP contribution >= 0.6 is 0 Å². The molecule has 0 radical (unpaired) electrons. The van der Waals surface area contributed by atoms with Crippen molar-refractivity contribution in [3.05, 3.63) is 106 Å². The topological polar surface area (TPSA) is 201 Å². The van der Waals surface area contributed by atoms with E-state index in [2.05, 4.69) is 35.2 Å². The average molecular weight is 776 g/mol. The summed E-state index contributed by atoms with van der Waals surface area (Å²) in [5.74, 6) is -6.81. The molecule has 0 aliphatic carbocycles. The number of imide groups is 1. The molecule has 1 aliphatic heterocycles. The molecule has 0 atom stereocenters. The number of nitrogens with zero attached hydrogens (tertiary/aromatic N) is 9. The van der Waals surface area contributed by atoms with Gasteiger partial charge in [0.1, 0.15) is 36.5 Å². The SMILES string of the molecule is CON1C(=O)CCC1=O.COc1c(F)c(F)c(C)c(F)c1F.COc1ccc([N+](=O)[O-])cc1.COn1nnc2ccccc21.COn1nnc2cccnc21. The molecule has 55 heavy (non-hydrogen) atoms. The summed E-state index contributed by atoms with van der Waals surface area (Å²) in [4.78, 5) is 51.8. The van der Waals surface area contributed by atoms with E-state index < -0.39 is 39.5 Å². The number of hydrogen-bond acceptors (Lipinski definition) is 14. The first-order valence-corrected chi connectivity index (χ1v) is 15.4. The number of benzene rings is 3. The van der Waals surface area contributed by atoms with E-state index in [0.29, 0.717) is 11.4 Å². The van der Waals surface area contributed by atoms with Crippen molar-refractivity contribution in [3.8, 4) is 11.5 Å². The van der Waals surface area contributed by atoms with Crippen molar-refractivity contribution in [2.75, 3.05) is 35.5 Å². The second kappa shape index (κ2) is 20.3. The van der Waals surface area contributed by atoms with Crippen molar-refractivity contribution in [3.63, 3.8) is 0 Å². The van der Waals surface area contributed by atoms with Gasteiger partial charge in [-0.2, -0.15) is 13.8 Å². The second-order valence-electron chi connectivity index (χ2n) is 10.3. The summed E-state index contributed by atoms with van der Waals surface area (Å²) in [6.45, 7) is 0.941. The molecule has 292 valence electrons. The van der Waals surface area contributed by atoms with Gasteiger partial charge >= 0.3 is 0 Å². The van der Waals surface area contributed by atoms with Crippen LogP contribution in [0.15, 0.2) is 66.9 Å². The predicted octanol–water partition coefficient (Wildman–Crippen LogP) is 4.23. The summed E-state index contributed by atoms with van der Waals surface area (Å²) in [6, 6.07) is 17.2. The molecule has 18 nitrogen and oxygen atoms in total. The number of pyridine rings is 1. The number of fused-ring (bicyclic) bond motifs is 2. The van der Waals surface area contributed by atoms with Crippen LogP contribution in [0, 0.1) is 40.3 Å². The third-order valence-electron chi connectivity index (χ3n) is 6.97. The number of non-ortho nitro benzene ring substituents is 1. The lowest BCUT2D eigenvalue weighted by Gasteiger charge is -2.07. The Bertz CT molecular complexity index is 2100. The minimum absolute atomic E-state index is 0.0748. The van der Waals surface area contributed by atoms with Gasteiger partial charge in [-0.1, -0.05) is 21.8 Å². The molecule has 0 spiro atoms. The van der Waals surface area contributed by atoms with Crippen molar-refractivity contribution in [1.29, 1.82) is 0 Å². The van der Waals surface area contributed by atoms with Gasteiger partial charge in [-0.3, -0.25) is 24.5 Å². The molecule has 4 heterocycles. The fraction of sp³-hybridized carbons (Fsp3) is 0.242. The quantitative estimate of drug-likeness (QED) is 0.0765. The van der Waals surface area contributed by atoms with E-state index in [0.717, 1.165) is 35.6 Å². The van der Waals surface area contributed by atoms with Crippen LogP contribution in [0.25, 0.3) is 22.2 Å². The maximum atomic E-state index is 12.8. The maximum Gasteiger partial charge on any atom is 0.269 e. The number of para-hydroxylation sites is 1. The number of carbonyl (C=O) groups excluding carboxylic acids is 2. The molecule has 3 aromatic carbocycles. The van der Waals surface area contributed by atoms with E-state index in [1.165, 1.54) is 43.2 Å². The Morgan fingerprint density at radius 2 is 1.24 bits per heavy atom. The van der Waals surface area contributed by atoms with Gasteiger partial charge in [-0.15, -0.1) is 10.2 Å². The van der Waals surface area contributed by atoms with E-state index in [4.69, 9.17) is 14.4 Å². The van der Waals surface area contributed by atoms with Crippen molar-refractivity contribution < 1.29 is 56.1 Å². The number of methoxy groups -OCH3 is 2. The molecule has 1 saturated heterocycles. The van der Waals surface area contributed by atoms with Gasteiger partial charge in [-0.05, 0) is 53.7 Å². The van der Waals surface area contributed by atoms with Crippen LogP contribution in [0.4, 0.5) is 23.2 Å². The molecule has 2 amide bonds. The van der Waals surface area contributed by atoms with E-state index >= 15 is 0 Å². The standard InChI is InChI=1S/C8H6F4O.C7H7N3O.C7H7NO3.C6H6N4O.C5H7NO3/c1-3-4(9)6(11)8(13-2)7(12)5(3)10;1-11-10-7-5-3-2-4-6(7)8-9-10;1-11-7-4-2-6(3-5-7)8(9)10;1-11-10-6-5(8-9-10)3-2-4-7-6;1-9-6-4(7)2-3-5(6)8/h1-2H3;2*2-5H,1H3;2-4H,1H3;2-3H2,1H3. The highest BCUT2D eigenvalue weighted by molar-refractivity contribution is 6.00. The second-order valence-corrected chi connectivity index (χ2v) is 10.3. The largest absolute Gasteiger partial charge is 0.497 e. The van der Waals surface area contributed by atoms with E-state index in [-0.39, 0.29) is 30.3 Å². The number of hydrogen-bond donors (Lipinski definition) is 0. The summed E-state index contributed by atoms with van der Waals surface area (Å²) in [5, 5.41) is 26.1. The summed E-state index contributed by atoms with van der Waals surface area (Å²) in [7, 11) is 6.82. The number of halogens is 4. The highest BCUT2D eigenvalue weighted by Gasteiger charge is 2.29. The van der Waals surface area contributed by atoms with Crippen LogP contribution in [0.2, 0.25) is 0 Å². The van der Waals surface area contributed by atoms with Gasteiger partial charge in [-0.25, -0.2) is 13.8 Å². The lowest BCUT2D eigenvalue weighted by atomic mass is 10.2. The number of ether oxygens (including phenoxy) is 2. The molecule has 7 rings (SSSR count). The molecule has 1 aliphatic rings. The van der Waals surface area contributed by atoms with E-state index in [1.54, 1.807) is 31.5 Å². The number of rotatable bonds is 6. The Morgan fingerprint density at radius 1 is 0.691 bits per heavy atom. The number of aromatic nitrogens is 7. The Labute approximate surface area is 308 Å². The molecular formula is C33H33F4N9O9. The smallest absolute Gasteiger partial charge is 0.269 e. The van der Waals surface area contributed by atoms with Crippen LogP contribution in [0.3, 0.4) is 0 Å². The zero-order chi connectivity index (χ0) is 40.7. The van der Waals surface area contributed by atoms with E-state index in [1.807, 2.05) is 30.3 Å². The molecule has 22 heteroatoms. The Balaban J connectivity index is 0.000000185. The maximum absolute atomic E-state index is 12.8. The number of hydroxylamine groups is 2. The fourth-order valence-corrected chi connectivity index (χ4v) is 4.21. The Morgan fingerprint density at radius 3 is 1.75 bits per heavy atom. The first-order valence-electron chi connectivity index (χ1n) is 15.4. The predicted molar refractivity (Wildman–Crippen MR) is 183 cm³/mol. The summed E-state index contributed by atoms with van der Waals surface area (Å²) in [5.41, 5.74) is 2.47. The zero-order valence-electron chi connectivity index (χ0n) is 30.0. The van der Waals surface area contributed by atoms with Crippen LogP contribution < -0.4 is 19.1 Å². The highest BCUT2D eigenvalue weighted by atomic mass is 19.2. The Hall–Kier alpha value is -6.97. The molecular weight excluding hydrogens is 742 g/mol. The van der Waals surface area contributed by atoms with Gasteiger partial charge in [0.25, 0.3) is 17.5 Å². The lowest BCUT2D eigenvalue weighted by molar-refractivity contribution is -0.384. The molecule has 3 aromatic heterocycles. The van der Waals surface area contributed by atoms with Gasteiger partial charge in [0.2, 0.25) is 17.3 Å². The number of nitro groups is 1. The minimum Gasteiger partial charge on any atom is -0.497 e. The van der Waals surface area contributed by atoms with Crippen molar-refractivity contribution >= 4 is 39.7 Å². The van der Waals surface area contributed by atoms with Crippen LogP contribution in [0.5, 0.6) is 11.5 Å². The van der Waals surface area contributed by atoms with Gasteiger partial charge in [0, 0.05) is 36.7 Å². The average Bonchev–Trinajstić information content (AvgIpc) is 3.93. The third-order valence-corrected chi connectivity index (χ3v) is 6.97. The Kier molecular flexibility index (Phi) is 15.7.